The highest BCUT2D eigenvalue weighted by Gasteiger charge is 2.32. The quantitative estimate of drug-likeness (QED) is 0.573. The summed E-state index contributed by atoms with van der Waals surface area (Å²) >= 11 is 0. The van der Waals surface area contributed by atoms with Crippen LogP contribution in [0.2, 0.25) is 0 Å². The Morgan fingerprint density at radius 1 is 1.31 bits per heavy atom. The molecule has 0 N–H and O–H groups in total. The minimum absolute atomic E-state index is 0.170. The minimum atomic E-state index is -1.45. The molecule has 1 aliphatic carbocycles. The summed E-state index contributed by atoms with van der Waals surface area (Å²) in [4.78, 5) is 0. The molecular weight excluding hydrogens is 157 g/mol. The standard InChI is InChI=1S/C9H15B3O/c1-6(2)3-7-4-8(5-7)13-9(10,11)12/h6-8H,3-5H2,1-2H3. The van der Waals surface area contributed by atoms with Crippen molar-refractivity contribution in [3.63, 3.8) is 0 Å². The van der Waals surface area contributed by atoms with E-state index in [2.05, 4.69) is 13.8 Å². The fraction of sp³-hybridized carbons (Fsp3) is 1.00. The van der Waals surface area contributed by atoms with Gasteiger partial charge in [0.05, 0.1) is 29.6 Å². The van der Waals surface area contributed by atoms with Crippen LogP contribution < -0.4 is 0 Å². The van der Waals surface area contributed by atoms with Gasteiger partial charge in [0.15, 0.2) is 0 Å². The second-order valence-electron chi connectivity index (χ2n) is 4.56. The van der Waals surface area contributed by atoms with E-state index in [-0.39, 0.29) is 6.10 Å². The minimum Gasteiger partial charge on any atom is -0.400 e. The van der Waals surface area contributed by atoms with Crippen LogP contribution in [0.1, 0.15) is 33.1 Å². The molecule has 6 radical (unpaired) electrons. The molecule has 66 valence electrons. The first-order valence-corrected chi connectivity index (χ1v) is 4.91. The van der Waals surface area contributed by atoms with Crippen LogP contribution >= 0.6 is 0 Å². The van der Waals surface area contributed by atoms with Gasteiger partial charge in [-0.15, -0.1) is 0 Å². The lowest BCUT2D eigenvalue weighted by Crippen LogP contribution is -2.43. The Hall–Kier alpha value is 0.155. The van der Waals surface area contributed by atoms with Gasteiger partial charge in [-0.2, -0.15) is 0 Å². The predicted molar refractivity (Wildman–Crippen MR) is 57.0 cm³/mol. The largest absolute Gasteiger partial charge is 0.400 e. The van der Waals surface area contributed by atoms with Gasteiger partial charge in [0.1, 0.15) is 0 Å². The van der Waals surface area contributed by atoms with E-state index in [0.29, 0.717) is 0 Å². The molecule has 4 heteroatoms. The molecule has 1 saturated carbocycles. The number of ether oxygens (including phenoxy) is 1. The molecule has 0 heterocycles. The Morgan fingerprint density at radius 3 is 2.23 bits per heavy atom. The zero-order chi connectivity index (χ0) is 10.1. The summed E-state index contributed by atoms with van der Waals surface area (Å²) in [5.41, 5.74) is 0. The van der Waals surface area contributed by atoms with E-state index in [0.717, 1.165) is 24.7 Å². The van der Waals surface area contributed by atoms with Gasteiger partial charge in [-0.05, 0) is 36.4 Å². The van der Waals surface area contributed by atoms with Crippen LogP contribution in [0, 0.1) is 11.8 Å². The Morgan fingerprint density at radius 2 is 1.85 bits per heavy atom. The van der Waals surface area contributed by atoms with E-state index in [9.17, 15) is 0 Å². The number of rotatable bonds is 4. The van der Waals surface area contributed by atoms with Gasteiger partial charge < -0.3 is 4.74 Å². The molecular formula is C9H15B3O. The van der Waals surface area contributed by atoms with Gasteiger partial charge >= 0.3 is 0 Å². The number of hydrogen-bond donors (Lipinski definition) is 0. The van der Waals surface area contributed by atoms with Crippen LogP contribution in [0.25, 0.3) is 0 Å². The highest BCUT2D eigenvalue weighted by atomic mass is 16.5. The Balaban J connectivity index is 2.12. The molecule has 1 rings (SSSR count). The Kier molecular flexibility index (Phi) is 3.56. The zero-order valence-electron chi connectivity index (χ0n) is 8.49. The smallest absolute Gasteiger partial charge is 0.0862 e. The van der Waals surface area contributed by atoms with Crippen LogP contribution in [0.15, 0.2) is 0 Å². The molecule has 1 nitrogen and oxygen atoms in total. The van der Waals surface area contributed by atoms with Crippen LogP contribution in [0.3, 0.4) is 0 Å². The molecule has 0 atom stereocenters. The maximum absolute atomic E-state index is 5.33. The summed E-state index contributed by atoms with van der Waals surface area (Å²) in [7, 11) is 16.0. The van der Waals surface area contributed by atoms with E-state index < -0.39 is 5.30 Å². The highest BCUT2D eigenvalue weighted by Crippen LogP contribution is 2.35. The third kappa shape index (κ3) is 4.26. The first-order chi connectivity index (χ1) is 5.87. The summed E-state index contributed by atoms with van der Waals surface area (Å²) in [5, 5.41) is -1.45. The van der Waals surface area contributed by atoms with E-state index in [1.54, 1.807) is 0 Å². The molecule has 0 aromatic heterocycles. The average molecular weight is 172 g/mol. The molecule has 0 aromatic rings. The van der Waals surface area contributed by atoms with Crippen LogP contribution in [-0.2, 0) is 4.74 Å². The SMILES string of the molecule is [B]C([B])([B])OC1CC(CC(C)C)C1. The highest BCUT2D eigenvalue weighted by molar-refractivity contribution is 6.58. The normalized spacial score (nSPS) is 28.8. The van der Waals surface area contributed by atoms with Crippen molar-refractivity contribution in [1.82, 2.24) is 0 Å². The van der Waals surface area contributed by atoms with E-state index in [1.165, 1.54) is 6.42 Å². The summed E-state index contributed by atoms with van der Waals surface area (Å²) < 4.78 is 5.22. The predicted octanol–water partition coefficient (Wildman–Crippen LogP) is 0.944. The second kappa shape index (κ2) is 4.12. The van der Waals surface area contributed by atoms with Crippen molar-refractivity contribution in [2.45, 2.75) is 44.5 Å². The van der Waals surface area contributed by atoms with Crippen molar-refractivity contribution < 1.29 is 4.74 Å². The molecule has 0 saturated heterocycles. The third-order valence-corrected chi connectivity index (χ3v) is 2.37. The lowest BCUT2D eigenvalue weighted by Gasteiger charge is -2.40. The lowest BCUT2D eigenvalue weighted by atomic mass is 9.52. The van der Waals surface area contributed by atoms with Crippen LogP contribution in [0.4, 0.5) is 0 Å². The Labute approximate surface area is 85.2 Å². The lowest BCUT2D eigenvalue weighted by molar-refractivity contribution is -0.0408. The van der Waals surface area contributed by atoms with Crippen molar-refractivity contribution in [2.24, 2.45) is 11.8 Å². The van der Waals surface area contributed by atoms with Gasteiger partial charge in [0.2, 0.25) is 0 Å². The fourth-order valence-electron chi connectivity index (χ4n) is 1.92. The molecule has 0 spiro atoms. The first kappa shape index (κ1) is 11.2. The van der Waals surface area contributed by atoms with Gasteiger partial charge in [0, 0.05) is 0 Å². The van der Waals surface area contributed by atoms with E-state index in [1.807, 2.05) is 0 Å². The van der Waals surface area contributed by atoms with Crippen LogP contribution in [0.5, 0.6) is 0 Å². The zero-order valence-corrected chi connectivity index (χ0v) is 8.49. The van der Waals surface area contributed by atoms with Gasteiger partial charge in [-0.3, -0.25) is 0 Å². The Bertz CT molecular complexity index is 159. The topological polar surface area (TPSA) is 9.23 Å². The summed E-state index contributed by atoms with van der Waals surface area (Å²) in [5.74, 6) is 1.52. The fourth-order valence-corrected chi connectivity index (χ4v) is 1.92. The van der Waals surface area contributed by atoms with Crippen molar-refractivity contribution in [2.75, 3.05) is 0 Å². The van der Waals surface area contributed by atoms with Gasteiger partial charge in [-0.25, -0.2) is 0 Å². The molecule has 0 bridgehead atoms. The summed E-state index contributed by atoms with van der Waals surface area (Å²) in [6.07, 6.45) is 3.52. The molecule has 0 aromatic carbocycles. The maximum atomic E-state index is 5.33. The van der Waals surface area contributed by atoms with E-state index >= 15 is 0 Å². The molecule has 0 aliphatic heterocycles. The number of hydrogen-bond acceptors (Lipinski definition) is 1. The van der Waals surface area contributed by atoms with Crippen LogP contribution in [-0.4, -0.2) is 34.9 Å². The first-order valence-electron chi connectivity index (χ1n) is 4.91. The molecule has 13 heavy (non-hydrogen) atoms. The second-order valence-corrected chi connectivity index (χ2v) is 4.56. The third-order valence-electron chi connectivity index (χ3n) is 2.37. The summed E-state index contributed by atoms with van der Waals surface area (Å²) in [6.45, 7) is 4.46. The van der Waals surface area contributed by atoms with Crippen molar-refractivity contribution >= 4 is 23.5 Å². The monoisotopic (exact) mass is 172 g/mol. The van der Waals surface area contributed by atoms with E-state index in [4.69, 9.17) is 28.3 Å². The van der Waals surface area contributed by atoms with Crippen molar-refractivity contribution in [3.05, 3.63) is 0 Å². The molecule has 1 fully saturated rings. The summed E-state index contributed by atoms with van der Waals surface area (Å²) in [6, 6.07) is 0. The van der Waals surface area contributed by atoms with Gasteiger partial charge in [-0.1, -0.05) is 13.8 Å². The van der Waals surface area contributed by atoms with Gasteiger partial charge in [0.25, 0.3) is 0 Å². The maximum Gasteiger partial charge on any atom is 0.0862 e. The molecule has 1 aliphatic rings. The molecule has 0 unspecified atom stereocenters. The van der Waals surface area contributed by atoms with Crippen molar-refractivity contribution in [3.8, 4) is 0 Å². The molecule has 0 amide bonds. The average Bonchev–Trinajstić information content (AvgIpc) is 1.78. The van der Waals surface area contributed by atoms with Crippen molar-refractivity contribution in [1.29, 1.82) is 0 Å².